The van der Waals surface area contributed by atoms with Gasteiger partial charge >= 0.3 is 6.09 Å². The predicted octanol–water partition coefficient (Wildman–Crippen LogP) is 1.19. The van der Waals surface area contributed by atoms with Gasteiger partial charge in [0.2, 0.25) is 0 Å². The lowest BCUT2D eigenvalue weighted by Crippen LogP contribution is -2.31. The second kappa shape index (κ2) is 2.68. The standard InChI is InChI=1S/C7H12FNO2/c1-7(8)3-4-9(5-7)6(10)11-2/h3-5H2,1-2H3. The molecule has 4 heteroatoms. The molecule has 0 radical (unpaired) electrons. The van der Waals surface area contributed by atoms with Crippen molar-refractivity contribution in [2.45, 2.75) is 19.0 Å². The number of carbonyl (C=O) groups excluding carboxylic acids is 1. The maximum absolute atomic E-state index is 13.1. The molecular weight excluding hydrogens is 149 g/mol. The third-order valence-electron chi connectivity index (χ3n) is 1.86. The Morgan fingerprint density at radius 2 is 2.36 bits per heavy atom. The van der Waals surface area contributed by atoms with Gasteiger partial charge in [-0.25, -0.2) is 9.18 Å². The van der Waals surface area contributed by atoms with Crippen molar-refractivity contribution in [2.24, 2.45) is 0 Å². The van der Waals surface area contributed by atoms with Crippen molar-refractivity contribution in [3.8, 4) is 0 Å². The smallest absolute Gasteiger partial charge is 0.409 e. The van der Waals surface area contributed by atoms with E-state index in [2.05, 4.69) is 4.74 Å². The van der Waals surface area contributed by atoms with E-state index >= 15 is 0 Å². The topological polar surface area (TPSA) is 29.5 Å². The van der Waals surface area contributed by atoms with Gasteiger partial charge in [-0.05, 0) is 6.92 Å². The molecular formula is C7H12FNO2. The fourth-order valence-electron chi connectivity index (χ4n) is 1.21. The average Bonchev–Trinajstić information content (AvgIpc) is 2.29. The molecule has 0 aromatic carbocycles. The Hall–Kier alpha value is -0.800. The van der Waals surface area contributed by atoms with Crippen LogP contribution in [0.2, 0.25) is 0 Å². The van der Waals surface area contributed by atoms with Crippen LogP contribution in [0.5, 0.6) is 0 Å². The molecule has 1 atom stereocenters. The van der Waals surface area contributed by atoms with Gasteiger partial charge in [0.25, 0.3) is 0 Å². The van der Waals surface area contributed by atoms with Crippen LogP contribution in [0.3, 0.4) is 0 Å². The van der Waals surface area contributed by atoms with E-state index in [0.717, 1.165) is 0 Å². The number of halogens is 1. The number of ether oxygens (including phenoxy) is 1. The number of rotatable bonds is 0. The lowest BCUT2D eigenvalue weighted by atomic mass is 10.1. The zero-order valence-electron chi connectivity index (χ0n) is 6.76. The SMILES string of the molecule is COC(=O)N1CCC(C)(F)C1. The molecule has 0 aromatic rings. The molecule has 1 aliphatic heterocycles. The quantitative estimate of drug-likeness (QED) is 0.534. The Labute approximate surface area is 65.1 Å². The molecule has 1 rings (SSSR count). The van der Waals surface area contributed by atoms with E-state index in [0.29, 0.717) is 13.0 Å². The maximum atomic E-state index is 13.1. The third kappa shape index (κ3) is 1.82. The van der Waals surface area contributed by atoms with Crippen molar-refractivity contribution < 1.29 is 13.9 Å². The minimum atomic E-state index is -1.23. The summed E-state index contributed by atoms with van der Waals surface area (Å²) in [4.78, 5) is 12.2. The van der Waals surface area contributed by atoms with Crippen molar-refractivity contribution in [2.75, 3.05) is 20.2 Å². The summed E-state index contributed by atoms with van der Waals surface area (Å²) in [5, 5.41) is 0. The number of methoxy groups -OCH3 is 1. The van der Waals surface area contributed by atoms with E-state index < -0.39 is 11.8 Å². The van der Waals surface area contributed by atoms with Crippen LogP contribution < -0.4 is 0 Å². The van der Waals surface area contributed by atoms with Crippen LogP contribution in [0.15, 0.2) is 0 Å². The highest BCUT2D eigenvalue weighted by Crippen LogP contribution is 2.24. The van der Waals surface area contributed by atoms with Crippen LogP contribution >= 0.6 is 0 Å². The number of likely N-dealkylation sites (tertiary alicyclic amines) is 1. The zero-order valence-corrected chi connectivity index (χ0v) is 6.76. The lowest BCUT2D eigenvalue weighted by Gasteiger charge is -2.15. The second-order valence-corrected chi connectivity index (χ2v) is 3.05. The first-order valence-electron chi connectivity index (χ1n) is 3.57. The van der Waals surface area contributed by atoms with E-state index in [1.807, 2.05) is 0 Å². The molecule has 0 aromatic heterocycles. The van der Waals surface area contributed by atoms with Crippen molar-refractivity contribution in [1.82, 2.24) is 4.90 Å². The summed E-state index contributed by atoms with van der Waals surface area (Å²) in [7, 11) is 1.30. The Kier molecular flexibility index (Phi) is 2.02. The van der Waals surface area contributed by atoms with Gasteiger partial charge in [0.1, 0.15) is 5.67 Å². The number of alkyl halides is 1. The van der Waals surface area contributed by atoms with Crippen molar-refractivity contribution >= 4 is 6.09 Å². The zero-order chi connectivity index (χ0) is 8.48. The summed E-state index contributed by atoms with van der Waals surface area (Å²) < 4.78 is 17.6. The largest absolute Gasteiger partial charge is 0.453 e. The molecule has 11 heavy (non-hydrogen) atoms. The summed E-state index contributed by atoms with van der Waals surface area (Å²) in [5.74, 6) is 0. The minimum Gasteiger partial charge on any atom is -0.453 e. The minimum absolute atomic E-state index is 0.152. The van der Waals surface area contributed by atoms with Crippen LogP contribution in [0.4, 0.5) is 9.18 Å². The number of hydrogen-bond acceptors (Lipinski definition) is 2. The second-order valence-electron chi connectivity index (χ2n) is 3.05. The summed E-state index contributed by atoms with van der Waals surface area (Å²) in [5.41, 5.74) is -1.23. The molecule has 1 fully saturated rings. The molecule has 0 bridgehead atoms. The Balaban J connectivity index is 2.48. The van der Waals surface area contributed by atoms with Gasteiger partial charge in [-0.2, -0.15) is 0 Å². The molecule has 1 amide bonds. The predicted molar refractivity (Wildman–Crippen MR) is 38.1 cm³/mol. The first kappa shape index (κ1) is 8.30. The molecule has 0 saturated carbocycles. The van der Waals surface area contributed by atoms with Gasteiger partial charge in [0, 0.05) is 13.0 Å². The van der Waals surface area contributed by atoms with Gasteiger partial charge in [-0.1, -0.05) is 0 Å². The van der Waals surface area contributed by atoms with E-state index in [1.165, 1.54) is 18.9 Å². The molecule has 1 saturated heterocycles. The first-order valence-corrected chi connectivity index (χ1v) is 3.57. The molecule has 1 unspecified atom stereocenters. The normalized spacial score (nSPS) is 30.6. The third-order valence-corrected chi connectivity index (χ3v) is 1.86. The van der Waals surface area contributed by atoms with Crippen LogP contribution in [0, 0.1) is 0 Å². The van der Waals surface area contributed by atoms with E-state index in [1.54, 1.807) is 0 Å². The molecule has 1 aliphatic rings. The van der Waals surface area contributed by atoms with E-state index in [-0.39, 0.29) is 6.54 Å². The van der Waals surface area contributed by atoms with Crippen LogP contribution in [-0.2, 0) is 4.74 Å². The highest BCUT2D eigenvalue weighted by molar-refractivity contribution is 5.67. The average molecular weight is 161 g/mol. The van der Waals surface area contributed by atoms with Crippen molar-refractivity contribution in [1.29, 1.82) is 0 Å². The number of carbonyl (C=O) groups is 1. The summed E-state index contributed by atoms with van der Waals surface area (Å²) in [6, 6.07) is 0. The fraction of sp³-hybridized carbons (Fsp3) is 0.857. The first-order chi connectivity index (χ1) is 5.05. The number of nitrogens with zero attached hydrogens (tertiary/aromatic N) is 1. The summed E-state index contributed by atoms with van der Waals surface area (Å²) in [6.07, 6.45) is -0.0337. The number of hydrogen-bond donors (Lipinski definition) is 0. The fourth-order valence-corrected chi connectivity index (χ4v) is 1.21. The summed E-state index contributed by atoms with van der Waals surface area (Å²) >= 11 is 0. The van der Waals surface area contributed by atoms with Crippen LogP contribution in [0.1, 0.15) is 13.3 Å². The van der Waals surface area contributed by atoms with E-state index in [4.69, 9.17) is 0 Å². The van der Waals surface area contributed by atoms with Gasteiger partial charge < -0.3 is 9.64 Å². The maximum Gasteiger partial charge on any atom is 0.409 e. The molecule has 0 spiro atoms. The number of amides is 1. The Bertz CT molecular complexity index is 170. The monoisotopic (exact) mass is 161 g/mol. The van der Waals surface area contributed by atoms with Gasteiger partial charge in [-0.15, -0.1) is 0 Å². The van der Waals surface area contributed by atoms with Gasteiger partial charge in [0.05, 0.1) is 13.7 Å². The summed E-state index contributed by atoms with van der Waals surface area (Å²) in [6.45, 7) is 2.11. The molecule has 1 heterocycles. The molecule has 3 nitrogen and oxygen atoms in total. The Morgan fingerprint density at radius 3 is 2.73 bits per heavy atom. The highest BCUT2D eigenvalue weighted by atomic mass is 19.1. The van der Waals surface area contributed by atoms with Crippen molar-refractivity contribution in [3.05, 3.63) is 0 Å². The van der Waals surface area contributed by atoms with Gasteiger partial charge in [0.15, 0.2) is 0 Å². The van der Waals surface area contributed by atoms with Crippen molar-refractivity contribution in [3.63, 3.8) is 0 Å². The molecule has 0 aliphatic carbocycles. The Morgan fingerprint density at radius 1 is 1.73 bits per heavy atom. The molecule has 64 valence electrons. The van der Waals surface area contributed by atoms with Gasteiger partial charge in [-0.3, -0.25) is 0 Å². The lowest BCUT2D eigenvalue weighted by molar-refractivity contribution is 0.122. The van der Waals surface area contributed by atoms with Crippen LogP contribution in [0.25, 0.3) is 0 Å². The van der Waals surface area contributed by atoms with E-state index in [9.17, 15) is 9.18 Å². The molecule has 0 N–H and O–H groups in total. The van der Waals surface area contributed by atoms with Crippen LogP contribution in [-0.4, -0.2) is 36.9 Å². The highest BCUT2D eigenvalue weighted by Gasteiger charge is 2.36.